The predicted octanol–water partition coefficient (Wildman–Crippen LogP) is 0.701. The van der Waals surface area contributed by atoms with Crippen molar-refractivity contribution in [3.63, 3.8) is 0 Å². The first-order valence-corrected chi connectivity index (χ1v) is 4.80. The molecule has 0 atom stereocenters. The summed E-state index contributed by atoms with van der Waals surface area (Å²) in [6.07, 6.45) is 6.74. The quantitative estimate of drug-likeness (QED) is 0.727. The summed E-state index contributed by atoms with van der Waals surface area (Å²) in [5.41, 5.74) is -0.105. The van der Waals surface area contributed by atoms with Gasteiger partial charge in [-0.15, -0.1) is 0 Å². The topological polar surface area (TPSA) is 64.2 Å². The maximum atomic E-state index is 11.6. The van der Waals surface area contributed by atoms with E-state index in [9.17, 15) is 9.59 Å². The van der Waals surface area contributed by atoms with Gasteiger partial charge in [-0.3, -0.25) is 9.13 Å². The van der Waals surface area contributed by atoms with Crippen LogP contribution in [0.15, 0.2) is 29.3 Å². The molecule has 82 valence electrons. The van der Waals surface area contributed by atoms with E-state index in [0.717, 1.165) is 12.5 Å². The zero-order valence-corrected chi connectivity index (χ0v) is 8.59. The smallest absolute Gasteiger partial charge is 0.328 e. The van der Waals surface area contributed by atoms with Crippen molar-refractivity contribution in [1.29, 1.82) is 0 Å². The average Bonchev–Trinajstić information content (AvgIpc) is 2.50. The predicted molar refractivity (Wildman–Crippen MR) is 55.8 cm³/mol. The Kier molecular flexibility index (Phi) is 3.91. The Morgan fingerprint density at radius 3 is 2.73 bits per heavy atom. The number of carboxylic acid groups (broad SMARTS) is 1. The minimum Gasteiger partial charge on any atom is -0.478 e. The molecule has 0 radical (unpaired) electrons. The number of allylic oxidation sites excluding steroid dienone is 1. The summed E-state index contributed by atoms with van der Waals surface area (Å²) in [6.45, 7) is 2.98. The highest BCUT2D eigenvalue weighted by atomic mass is 16.4. The number of rotatable bonds is 5. The molecule has 0 aliphatic rings. The van der Waals surface area contributed by atoms with Gasteiger partial charge in [0.05, 0.1) is 0 Å². The van der Waals surface area contributed by atoms with Crippen molar-refractivity contribution in [3.05, 3.63) is 35.0 Å². The molecule has 1 heterocycles. The van der Waals surface area contributed by atoms with Gasteiger partial charge in [-0.2, -0.15) is 0 Å². The Balaban J connectivity index is 2.71. The zero-order valence-electron chi connectivity index (χ0n) is 8.59. The molecule has 0 spiro atoms. The minimum atomic E-state index is -1.00. The third kappa shape index (κ3) is 3.12. The molecule has 0 saturated heterocycles. The highest BCUT2D eigenvalue weighted by Gasteiger charge is 1.99. The van der Waals surface area contributed by atoms with E-state index in [2.05, 4.69) is 0 Å². The molecule has 1 aromatic rings. The van der Waals surface area contributed by atoms with Gasteiger partial charge < -0.3 is 5.11 Å². The molecule has 1 aromatic heterocycles. The SMILES string of the molecule is CCCn1ccn(C/C=C/C(=O)O)c1=O. The molecular weight excluding hydrogens is 196 g/mol. The fraction of sp³-hybridized carbons (Fsp3) is 0.400. The second-order valence-corrected chi connectivity index (χ2v) is 3.17. The van der Waals surface area contributed by atoms with Gasteiger partial charge in [0.15, 0.2) is 0 Å². The number of aliphatic carboxylic acids is 1. The summed E-state index contributed by atoms with van der Waals surface area (Å²) in [7, 11) is 0. The van der Waals surface area contributed by atoms with E-state index < -0.39 is 5.97 Å². The van der Waals surface area contributed by atoms with Crippen molar-refractivity contribution in [1.82, 2.24) is 9.13 Å². The first-order chi connectivity index (χ1) is 7.15. The fourth-order valence-electron chi connectivity index (χ4n) is 1.27. The molecule has 0 fully saturated rings. The number of imidazole rings is 1. The lowest BCUT2D eigenvalue weighted by Crippen LogP contribution is -2.23. The lowest BCUT2D eigenvalue weighted by atomic mass is 10.5. The molecule has 0 unspecified atom stereocenters. The Morgan fingerprint density at radius 2 is 2.13 bits per heavy atom. The zero-order chi connectivity index (χ0) is 11.3. The van der Waals surface area contributed by atoms with Gasteiger partial charge in [-0.25, -0.2) is 9.59 Å². The molecule has 0 bridgehead atoms. The van der Waals surface area contributed by atoms with Crippen LogP contribution in [-0.2, 0) is 17.9 Å². The molecule has 15 heavy (non-hydrogen) atoms. The molecule has 1 N–H and O–H groups in total. The maximum Gasteiger partial charge on any atom is 0.328 e. The number of aromatic nitrogens is 2. The van der Waals surface area contributed by atoms with Crippen LogP contribution in [0.25, 0.3) is 0 Å². The van der Waals surface area contributed by atoms with Crippen molar-refractivity contribution >= 4 is 5.97 Å². The molecule has 0 saturated carbocycles. The number of hydrogen-bond acceptors (Lipinski definition) is 2. The Bertz CT molecular complexity index is 415. The summed E-state index contributed by atoms with van der Waals surface area (Å²) >= 11 is 0. The highest BCUT2D eigenvalue weighted by Crippen LogP contribution is 1.89. The number of aryl methyl sites for hydroxylation is 1. The summed E-state index contributed by atoms with van der Waals surface area (Å²) in [4.78, 5) is 21.8. The second kappa shape index (κ2) is 5.19. The average molecular weight is 210 g/mol. The van der Waals surface area contributed by atoms with E-state index in [1.54, 1.807) is 17.0 Å². The van der Waals surface area contributed by atoms with Gasteiger partial charge in [0.1, 0.15) is 0 Å². The van der Waals surface area contributed by atoms with E-state index in [1.807, 2.05) is 6.92 Å². The number of carbonyl (C=O) groups is 1. The fourth-order valence-corrected chi connectivity index (χ4v) is 1.27. The minimum absolute atomic E-state index is 0.105. The first kappa shape index (κ1) is 11.3. The van der Waals surface area contributed by atoms with Crippen LogP contribution in [0.1, 0.15) is 13.3 Å². The van der Waals surface area contributed by atoms with Crippen LogP contribution in [-0.4, -0.2) is 20.2 Å². The van der Waals surface area contributed by atoms with E-state index in [0.29, 0.717) is 13.1 Å². The molecule has 1 rings (SSSR count). The van der Waals surface area contributed by atoms with Crippen molar-refractivity contribution < 1.29 is 9.90 Å². The van der Waals surface area contributed by atoms with E-state index in [1.165, 1.54) is 10.6 Å². The van der Waals surface area contributed by atoms with Gasteiger partial charge in [-0.05, 0) is 6.42 Å². The standard InChI is InChI=1S/C10H14N2O3/c1-2-5-11-7-8-12(10(11)15)6-3-4-9(13)14/h3-4,7-8H,2,5-6H2,1H3,(H,13,14)/b4-3+. The number of carboxylic acids is 1. The first-order valence-electron chi connectivity index (χ1n) is 4.80. The Labute approximate surface area is 87.3 Å². The van der Waals surface area contributed by atoms with Crippen LogP contribution in [0.5, 0.6) is 0 Å². The lowest BCUT2D eigenvalue weighted by Gasteiger charge is -1.96. The van der Waals surface area contributed by atoms with Gasteiger partial charge in [0.2, 0.25) is 0 Å². The molecule has 0 aliphatic carbocycles. The molecule has 0 aliphatic heterocycles. The van der Waals surface area contributed by atoms with Gasteiger partial charge in [0, 0.05) is 31.6 Å². The van der Waals surface area contributed by atoms with Crippen LogP contribution >= 0.6 is 0 Å². The van der Waals surface area contributed by atoms with E-state index >= 15 is 0 Å². The number of nitrogens with zero attached hydrogens (tertiary/aromatic N) is 2. The number of hydrogen-bond donors (Lipinski definition) is 1. The molecule has 5 nitrogen and oxygen atoms in total. The summed E-state index contributed by atoms with van der Waals surface area (Å²) in [6, 6.07) is 0. The highest BCUT2D eigenvalue weighted by molar-refractivity contribution is 5.79. The molecular formula is C10H14N2O3. The van der Waals surface area contributed by atoms with Crippen molar-refractivity contribution in [2.75, 3.05) is 0 Å². The van der Waals surface area contributed by atoms with Gasteiger partial charge in [-0.1, -0.05) is 13.0 Å². The second-order valence-electron chi connectivity index (χ2n) is 3.17. The van der Waals surface area contributed by atoms with Gasteiger partial charge >= 0.3 is 11.7 Å². The normalized spacial score (nSPS) is 11.0. The summed E-state index contributed by atoms with van der Waals surface area (Å²) in [5, 5.41) is 8.37. The van der Waals surface area contributed by atoms with E-state index in [4.69, 9.17) is 5.11 Å². The van der Waals surface area contributed by atoms with E-state index in [-0.39, 0.29) is 5.69 Å². The van der Waals surface area contributed by atoms with Crippen LogP contribution in [0.2, 0.25) is 0 Å². The van der Waals surface area contributed by atoms with Crippen molar-refractivity contribution in [3.8, 4) is 0 Å². The lowest BCUT2D eigenvalue weighted by molar-refractivity contribution is -0.131. The maximum absolute atomic E-state index is 11.6. The molecule has 5 heteroatoms. The van der Waals surface area contributed by atoms with Crippen molar-refractivity contribution in [2.45, 2.75) is 26.4 Å². The van der Waals surface area contributed by atoms with Gasteiger partial charge in [0.25, 0.3) is 0 Å². The largest absolute Gasteiger partial charge is 0.478 e. The summed E-state index contributed by atoms with van der Waals surface area (Å²) < 4.78 is 3.07. The Hall–Kier alpha value is -1.78. The molecule has 0 aromatic carbocycles. The van der Waals surface area contributed by atoms with Crippen LogP contribution in [0, 0.1) is 0 Å². The monoisotopic (exact) mass is 210 g/mol. The third-order valence-electron chi connectivity index (χ3n) is 1.94. The third-order valence-corrected chi connectivity index (χ3v) is 1.94. The van der Waals surface area contributed by atoms with Crippen LogP contribution in [0.3, 0.4) is 0 Å². The van der Waals surface area contributed by atoms with Crippen LogP contribution < -0.4 is 5.69 Å². The molecule has 0 amide bonds. The Morgan fingerprint density at radius 1 is 1.47 bits per heavy atom. The van der Waals surface area contributed by atoms with Crippen molar-refractivity contribution in [2.24, 2.45) is 0 Å². The van der Waals surface area contributed by atoms with Crippen LogP contribution in [0.4, 0.5) is 0 Å². The summed E-state index contributed by atoms with van der Waals surface area (Å²) in [5.74, 6) is -1.00.